The van der Waals surface area contributed by atoms with Crippen LogP contribution < -0.4 is 0 Å². The summed E-state index contributed by atoms with van der Waals surface area (Å²) in [5.74, 6) is -1.80. The second-order valence-corrected chi connectivity index (χ2v) is 6.38. The van der Waals surface area contributed by atoms with Crippen molar-refractivity contribution in [2.45, 2.75) is 18.9 Å². The van der Waals surface area contributed by atoms with Crippen LogP contribution in [0.4, 0.5) is 13.2 Å². The molecule has 2 aromatic carbocycles. The Balaban J connectivity index is 1.49. The zero-order chi connectivity index (χ0) is 19.0. The molecule has 0 saturated carbocycles. The zero-order valence-electron chi connectivity index (χ0n) is 14.0. The summed E-state index contributed by atoms with van der Waals surface area (Å²) in [6.45, 7) is 0.312. The minimum atomic E-state index is -0.697. The Hall–Kier alpha value is -3.16. The summed E-state index contributed by atoms with van der Waals surface area (Å²) < 4.78 is 45.4. The molecule has 0 spiro atoms. The van der Waals surface area contributed by atoms with Crippen LogP contribution in [0.3, 0.4) is 0 Å². The Labute approximate surface area is 152 Å². The summed E-state index contributed by atoms with van der Waals surface area (Å²) >= 11 is 0. The molecular weight excluding hydrogens is 359 g/mol. The molecule has 1 unspecified atom stereocenters. The molecule has 1 fully saturated rings. The number of rotatable bonds is 4. The number of nitrogens with zero attached hydrogens (tertiary/aromatic N) is 3. The van der Waals surface area contributed by atoms with E-state index in [1.54, 1.807) is 12.1 Å². The van der Waals surface area contributed by atoms with E-state index in [2.05, 4.69) is 10.1 Å². The Morgan fingerprint density at radius 3 is 2.70 bits per heavy atom. The number of halogens is 3. The fourth-order valence-corrected chi connectivity index (χ4v) is 3.09. The molecule has 5 nitrogen and oxygen atoms in total. The maximum atomic E-state index is 13.8. The first-order chi connectivity index (χ1) is 13.0. The van der Waals surface area contributed by atoms with Gasteiger partial charge in [-0.15, -0.1) is 0 Å². The van der Waals surface area contributed by atoms with E-state index in [0.29, 0.717) is 5.56 Å². The van der Waals surface area contributed by atoms with Crippen molar-refractivity contribution in [2.75, 3.05) is 6.54 Å². The number of hydrogen-bond acceptors (Lipinski definition) is 4. The summed E-state index contributed by atoms with van der Waals surface area (Å²) in [5.41, 5.74) is 0.705. The van der Waals surface area contributed by atoms with E-state index in [-0.39, 0.29) is 48.6 Å². The number of amides is 1. The quantitative estimate of drug-likeness (QED) is 0.700. The van der Waals surface area contributed by atoms with Crippen molar-refractivity contribution in [3.63, 3.8) is 0 Å². The SMILES string of the molecule is O=C1CC(c2nc(-c3cccc(F)c3)no2)CN1Cc1ccc(F)cc1F. The highest BCUT2D eigenvalue weighted by Gasteiger charge is 2.34. The molecule has 0 aliphatic carbocycles. The van der Waals surface area contributed by atoms with E-state index in [9.17, 15) is 18.0 Å². The average molecular weight is 373 g/mol. The Morgan fingerprint density at radius 2 is 1.93 bits per heavy atom. The number of likely N-dealkylation sites (tertiary alicyclic amines) is 1. The topological polar surface area (TPSA) is 59.2 Å². The van der Waals surface area contributed by atoms with E-state index in [1.807, 2.05) is 0 Å². The summed E-state index contributed by atoms with van der Waals surface area (Å²) in [6.07, 6.45) is 0.146. The lowest BCUT2D eigenvalue weighted by Crippen LogP contribution is -2.25. The number of carbonyl (C=O) groups excluding carboxylic acids is 1. The van der Waals surface area contributed by atoms with Gasteiger partial charge < -0.3 is 9.42 Å². The molecule has 3 aromatic rings. The minimum Gasteiger partial charge on any atom is -0.339 e. The Bertz CT molecular complexity index is 1010. The third-order valence-electron chi connectivity index (χ3n) is 4.46. The first kappa shape index (κ1) is 17.3. The van der Waals surface area contributed by atoms with Crippen LogP contribution in [-0.4, -0.2) is 27.5 Å². The first-order valence-electron chi connectivity index (χ1n) is 8.31. The molecule has 1 aliphatic heterocycles. The maximum Gasteiger partial charge on any atom is 0.232 e. The average Bonchev–Trinajstić information content (AvgIpc) is 3.25. The van der Waals surface area contributed by atoms with Crippen LogP contribution in [0.15, 0.2) is 47.0 Å². The van der Waals surface area contributed by atoms with Crippen LogP contribution in [0, 0.1) is 17.5 Å². The maximum absolute atomic E-state index is 13.8. The van der Waals surface area contributed by atoms with Crippen molar-refractivity contribution in [1.29, 1.82) is 0 Å². The molecule has 2 heterocycles. The monoisotopic (exact) mass is 373 g/mol. The van der Waals surface area contributed by atoms with E-state index in [4.69, 9.17) is 4.52 Å². The normalized spacial score (nSPS) is 16.9. The van der Waals surface area contributed by atoms with Gasteiger partial charge in [-0.25, -0.2) is 13.2 Å². The highest BCUT2D eigenvalue weighted by Crippen LogP contribution is 2.30. The molecule has 1 aliphatic rings. The summed E-state index contributed by atoms with van der Waals surface area (Å²) in [6, 6.07) is 9.06. The molecule has 1 saturated heterocycles. The van der Waals surface area contributed by atoms with Gasteiger partial charge in [-0.2, -0.15) is 4.98 Å². The summed E-state index contributed by atoms with van der Waals surface area (Å²) in [5, 5.41) is 3.85. The predicted molar refractivity (Wildman–Crippen MR) is 88.8 cm³/mol. The molecule has 8 heteroatoms. The van der Waals surface area contributed by atoms with Crippen molar-refractivity contribution in [1.82, 2.24) is 15.0 Å². The van der Waals surface area contributed by atoms with Crippen molar-refractivity contribution in [3.8, 4) is 11.4 Å². The third-order valence-corrected chi connectivity index (χ3v) is 4.46. The molecule has 0 radical (unpaired) electrons. The lowest BCUT2D eigenvalue weighted by Gasteiger charge is -2.16. The van der Waals surface area contributed by atoms with Crippen LogP contribution in [0.1, 0.15) is 23.8 Å². The molecule has 0 bridgehead atoms. The third kappa shape index (κ3) is 3.55. The van der Waals surface area contributed by atoms with E-state index in [0.717, 1.165) is 12.1 Å². The van der Waals surface area contributed by atoms with Gasteiger partial charge in [-0.05, 0) is 18.2 Å². The first-order valence-corrected chi connectivity index (χ1v) is 8.31. The number of hydrogen-bond donors (Lipinski definition) is 0. The molecule has 0 N–H and O–H groups in total. The largest absolute Gasteiger partial charge is 0.339 e. The van der Waals surface area contributed by atoms with Gasteiger partial charge in [0, 0.05) is 36.7 Å². The Morgan fingerprint density at radius 1 is 1.11 bits per heavy atom. The molecule has 27 heavy (non-hydrogen) atoms. The molecule has 1 atom stereocenters. The highest BCUT2D eigenvalue weighted by molar-refractivity contribution is 5.79. The highest BCUT2D eigenvalue weighted by atomic mass is 19.1. The Kier molecular flexibility index (Phi) is 4.39. The van der Waals surface area contributed by atoms with Gasteiger partial charge in [0.2, 0.25) is 17.6 Å². The van der Waals surface area contributed by atoms with Crippen molar-refractivity contribution >= 4 is 5.91 Å². The fourth-order valence-electron chi connectivity index (χ4n) is 3.09. The predicted octanol–water partition coefficient (Wildman–Crippen LogP) is 3.67. The van der Waals surface area contributed by atoms with Gasteiger partial charge in [0.25, 0.3) is 0 Å². The van der Waals surface area contributed by atoms with Gasteiger partial charge in [-0.3, -0.25) is 4.79 Å². The molecule has 4 rings (SSSR count). The number of benzene rings is 2. The zero-order valence-corrected chi connectivity index (χ0v) is 14.0. The lowest BCUT2D eigenvalue weighted by molar-refractivity contribution is -0.128. The van der Waals surface area contributed by atoms with Crippen LogP contribution in [0.2, 0.25) is 0 Å². The van der Waals surface area contributed by atoms with Gasteiger partial charge in [0.15, 0.2) is 0 Å². The van der Waals surface area contributed by atoms with Gasteiger partial charge in [0.1, 0.15) is 17.5 Å². The second-order valence-electron chi connectivity index (χ2n) is 6.38. The smallest absolute Gasteiger partial charge is 0.232 e. The van der Waals surface area contributed by atoms with Gasteiger partial charge in [0.05, 0.1) is 5.92 Å². The molecule has 1 amide bonds. The van der Waals surface area contributed by atoms with E-state index < -0.39 is 17.5 Å². The van der Waals surface area contributed by atoms with Gasteiger partial charge >= 0.3 is 0 Å². The number of aromatic nitrogens is 2. The van der Waals surface area contributed by atoms with Gasteiger partial charge in [-0.1, -0.05) is 23.4 Å². The number of carbonyl (C=O) groups is 1. The van der Waals surface area contributed by atoms with E-state index >= 15 is 0 Å². The van der Waals surface area contributed by atoms with Crippen LogP contribution in [0.5, 0.6) is 0 Å². The minimum absolute atomic E-state index is 0.0341. The van der Waals surface area contributed by atoms with Crippen molar-refractivity contribution in [2.24, 2.45) is 0 Å². The standard InChI is InChI=1S/C19H14F3N3O2/c20-14-3-1-2-11(6-14)18-23-19(27-24-18)13-7-17(26)25(10-13)9-12-4-5-15(21)8-16(12)22/h1-6,8,13H,7,9-10H2. The van der Waals surface area contributed by atoms with Crippen LogP contribution >= 0.6 is 0 Å². The summed E-state index contributed by atoms with van der Waals surface area (Å²) in [7, 11) is 0. The molecule has 1 aromatic heterocycles. The lowest BCUT2D eigenvalue weighted by atomic mass is 10.1. The molecule has 138 valence electrons. The van der Waals surface area contributed by atoms with E-state index in [1.165, 1.54) is 23.1 Å². The summed E-state index contributed by atoms with van der Waals surface area (Å²) in [4.78, 5) is 18.0. The second kappa shape index (κ2) is 6.86. The van der Waals surface area contributed by atoms with Crippen LogP contribution in [-0.2, 0) is 11.3 Å². The van der Waals surface area contributed by atoms with Crippen molar-refractivity contribution in [3.05, 3.63) is 71.4 Å². The molecular formula is C19H14F3N3O2. The van der Waals surface area contributed by atoms with Crippen LogP contribution in [0.25, 0.3) is 11.4 Å². The fraction of sp³-hybridized carbons (Fsp3) is 0.211. The van der Waals surface area contributed by atoms with Crippen molar-refractivity contribution < 1.29 is 22.5 Å².